The lowest BCUT2D eigenvalue weighted by Crippen LogP contribution is -2.41. The highest BCUT2D eigenvalue weighted by molar-refractivity contribution is 7.89. The van der Waals surface area contributed by atoms with Gasteiger partial charge in [-0.1, -0.05) is 0 Å². The number of hydrogen-bond acceptors (Lipinski definition) is 4. The minimum atomic E-state index is -3.67. The molecule has 2 aromatic rings. The number of carbonyl (C=O) groups excluding carboxylic acids is 1. The summed E-state index contributed by atoms with van der Waals surface area (Å²) in [5.74, 6) is -0.166. The van der Waals surface area contributed by atoms with E-state index in [1.54, 1.807) is 31.4 Å². The fraction of sp³-hybridized carbons (Fsp3) is 0.316. The van der Waals surface area contributed by atoms with Crippen molar-refractivity contribution in [3.8, 4) is 5.75 Å². The van der Waals surface area contributed by atoms with E-state index in [9.17, 15) is 17.6 Å². The minimum absolute atomic E-state index is 0.0602. The van der Waals surface area contributed by atoms with Crippen LogP contribution in [0.4, 0.5) is 10.1 Å². The predicted molar refractivity (Wildman–Crippen MR) is 99.5 cm³/mol. The average molecular weight is 392 g/mol. The second-order valence-corrected chi connectivity index (χ2v) is 8.29. The summed E-state index contributed by atoms with van der Waals surface area (Å²) in [6.45, 7) is 0.501. The molecule has 0 atom stereocenters. The Kier molecular flexibility index (Phi) is 5.76. The Morgan fingerprint density at radius 3 is 2.22 bits per heavy atom. The van der Waals surface area contributed by atoms with E-state index in [0.29, 0.717) is 24.3 Å². The van der Waals surface area contributed by atoms with Crippen molar-refractivity contribution in [1.82, 2.24) is 4.31 Å². The van der Waals surface area contributed by atoms with Gasteiger partial charge in [0.15, 0.2) is 0 Å². The first kappa shape index (κ1) is 19.3. The number of nitrogens with one attached hydrogen (secondary N) is 1. The zero-order valence-corrected chi connectivity index (χ0v) is 15.7. The molecule has 2 aromatic carbocycles. The van der Waals surface area contributed by atoms with Gasteiger partial charge >= 0.3 is 0 Å². The standard InChI is InChI=1S/C19H21FN2O4S/c1-26-17-6-4-16(5-7-17)21-19(23)14-10-12-22(13-11-14)27(24,25)18-8-2-15(20)3-9-18/h2-9,14H,10-13H2,1H3,(H,21,23). The number of anilines is 1. The molecule has 1 amide bonds. The predicted octanol–water partition coefficient (Wildman–Crippen LogP) is 2.87. The number of benzene rings is 2. The first-order valence-electron chi connectivity index (χ1n) is 8.61. The third kappa shape index (κ3) is 4.45. The lowest BCUT2D eigenvalue weighted by atomic mass is 9.97. The van der Waals surface area contributed by atoms with E-state index >= 15 is 0 Å². The van der Waals surface area contributed by atoms with E-state index in [2.05, 4.69) is 5.32 Å². The topological polar surface area (TPSA) is 75.7 Å². The van der Waals surface area contributed by atoms with Crippen LogP contribution in [0.2, 0.25) is 0 Å². The summed E-state index contributed by atoms with van der Waals surface area (Å²) in [5, 5.41) is 2.85. The van der Waals surface area contributed by atoms with E-state index in [1.165, 1.54) is 16.4 Å². The van der Waals surface area contributed by atoms with Gasteiger partial charge in [0.1, 0.15) is 11.6 Å². The number of piperidine rings is 1. The van der Waals surface area contributed by atoms with Crippen molar-refractivity contribution in [2.45, 2.75) is 17.7 Å². The van der Waals surface area contributed by atoms with Gasteiger partial charge in [-0.2, -0.15) is 4.31 Å². The highest BCUT2D eigenvalue weighted by Crippen LogP contribution is 2.25. The van der Waals surface area contributed by atoms with Crippen LogP contribution in [0.15, 0.2) is 53.4 Å². The number of methoxy groups -OCH3 is 1. The van der Waals surface area contributed by atoms with Gasteiger partial charge in [0.25, 0.3) is 0 Å². The number of carbonyl (C=O) groups is 1. The van der Waals surface area contributed by atoms with Crippen LogP contribution in [0.3, 0.4) is 0 Å². The molecule has 0 aromatic heterocycles. The molecule has 8 heteroatoms. The quantitative estimate of drug-likeness (QED) is 0.849. The van der Waals surface area contributed by atoms with Crippen LogP contribution in [0.1, 0.15) is 12.8 Å². The molecule has 0 saturated carbocycles. The smallest absolute Gasteiger partial charge is 0.243 e. The maximum Gasteiger partial charge on any atom is 0.243 e. The summed E-state index contributed by atoms with van der Waals surface area (Å²) in [5.41, 5.74) is 0.669. The Morgan fingerprint density at radius 1 is 1.07 bits per heavy atom. The van der Waals surface area contributed by atoms with Crippen LogP contribution in [0, 0.1) is 11.7 Å². The van der Waals surface area contributed by atoms with Gasteiger partial charge in [0, 0.05) is 24.7 Å². The fourth-order valence-electron chi connectivity index (χ4n) is 3.03. The zero-order chi connectivity index (χ0) is 19.4. The average Bonchev–Trinajstić information content (AvgIpc) is 2.69. The summed E-state index contributed by atoms with van der Waals surface area (Å²) in [4.78, 5) is 12.5. The molecule has 3 rings (SSSR count). The fourth-order valence-corrected chi connectivity index (χ4v) is 4.50. The molecule has 1 aliphatic rings. The van der Waals surface area contributed by atoms with Gasteiger partial charge in [0.2, 0.25) is 15.9 Å². The van der Waals surface area contributed by atoms with Gasteiger partial charge in [0.05, 0.1) is 12.0 Å². The number of amides is 1. The summed E-state index contributed by atoms with van der Waals surface area (Å²) < 4.78 is 44.7. The Bertz CT molecular complexity index is 890. The molecular formula is C19H21FN2O4S. The Morgan fingerprint density at radius 2 is 1.67 bits per heavy atom. The summed E-state index contributed by atoms with van der Waals surface area (Å²) in [6.07, 6.45) is 0.866. The van der Waals surface area contributed by atoms with Crippen LogP contribution in [-0.2, 0) is 14.8 Å². The molecule has 0 unspecified atom stereocenters. The van der Waals surface area contributed by atoms with Crippen molar-refractivity contribution in [3.63, 3.8) is 0 Å². The van der Waals surface area contributed by atoms with Crippen molar-refractivity contribution >= 4 is 21.6 Å². The van der Waals surface area contributed by atoms with E-state index in [-0.39, 0.29) is 29.8 Å². The van der Waals surface area contributed by atoms with Crippen molar-refractivity contribution in [1.29, 1.82) is 0 Å². The normalized spacial score (nSPS) is 16.1. The lowest BCUT2D eigenvalue weighted by molar-refractivity contribution is -0.120. The molecule has 27 heavy (non-hydrogen) atoms. The highest BCUT2D eigenvalue weighted by Gasteiger charge is 2.32. The summed E-state index contributed by atoms with van der Waals surface area (Å²) in [6, 6.07) is 11.8. The second-order valence-electron chi connectivity index (χ2n) is 6.35. The second kappa shape index (κ2) is 8.06. The highest BCUT2D eigenvalue weighted by atomic mass is 32.2. The first-order valence-corrected chi connectivity index (χ1v) is 10.0. The van der Waals surface area contributed by atoms with E-state index < -0.39 is 15.8 Å². The molecule has 1 fully saturated rings. The molecule has 1 N–H and O–H groups in total. The largest absolute Gasteiger partial charge is 0.497 e. The van der Waals surface area contributed by atoms with Crippen LogP contribution < -0.4 is 10.1 Å². The summed E-state index contributed by atoms with van der Waals surface area (Å²) in [7, 11) is -2.10. The van der Waals surface area contributed by atoms with Gasteiger partial charge in [-0.05, 0) is 61.4 Å². The molecule has 1 aliphatic heterocycles. The number of nitrogens with zero attached hydrogens (tertiary/aromatic N) is 1. The molecule has 1 heterocycles. The molecule has 0 radical (unpaired) electrons. The van der Waals surface area contributed by atoms with Crippen LogP contribution in [-0.4, -0.2) is 38.8 Å². The number of ether oxygens (including phenoxy) is 1. The number of sulfonamides is 1. The van der Waals surface area contributed by atoms with Crippen LogP contribution in [0.25, 0.3) is 0 Å². The third-order valence-corrected chi connectivity index (χ3v) is 6.55. The van der Waals surface area contributed by atoms with E-state index in [0.717, 1.165) is 12.1 Å². The third-order valence-electron chi connectivity index (χ3n) is 4.63. The van der Waals surface area contributed by atoms with Gasteiger partial charge < -0.3 is 10.1 Å². The monoisotopic (exact) mass is 392 g/mol. The van der Waals surface area contributed by atoms with Crippen LogP contribution in [0.5, 0.6) is 5.75 Å². The molecule has 6 nitrogen and oxygen atoms in total. The van der Waals surface area contributed by atoms with Gasteiger partial charge in [-0.3, -0.25) is 4.79 Å². The molecule has 0 spiro atoms. The number of halogens is 1. The lowest BCUT2D eigenvalue weighted by Gasteiger charge is -2.30. The van der Waals surface area contributed by atoms with Crippen molar-refractivity contribution in [2.75, 3.05) is 25.5 Å². The maximum atomic E-state index is 13.0. The Labute approximate surface area is 158 Å². The zero-order valence-electron chi connectivity index (χ0n) is 14.9. The maximum absolute atomic E-state index is 13.0. The van der Waals surface area contributed by atoms with Crippen LogP contribution >= 0.6 is 0 Å². The Balaban J connectivity index is 1.59. The molecule has 144 valence electrons. The van der Waals surface area contributed by atoms with Gasteiger partial charge in [-0.15, -0.1) is 0 Å². The molecule has 0 aliphatic carbocycles. The van der Waals surface area contributed by atoms with E-state index in [4.69, 9.17) is 4.74 Å². The van der Waals surface area contributed by atoms with Gasteiger partial charge in [-0.25, -0.2) is 12.8 Å². The molecule has 1 saturated heterocycles. The molecule has 0 bridgehead atoms. The van der Waals surface area contributed by atoms with Crippen molar-refractivity contribution < 1.29 is 22.3 Å². The minimum Gasteiger partial charge on any atom is -0.497 e. The Hall–Kier alpha value is -2.45. The number of hydrogen-bond donors (Lipinski definition) is 1. The van der Waals surface area contributed by atoms with Crippen molar-refractivity contribution in [3.05, 3.63) is 54.3 Å². The summed E-state index contributed by atoms with van der Waals surface area (Å²) >= 11 is 0. The first-order chi connectivity index (χ1) is 12.9. The number of rotatable bonds is 5. The SMILES string of the molecule is COc1ccc(NC(=O)C2CCN(S(=O)(=O)c3ccc(F)cc3)CC2)cc1. The van der Waals surface area contributed by atoms with Crippen molar-refractivity contribution in [2.24, 2.45) is 5.92 Å². The van der Waals surface area contributed by atoms with E-state index in [1.807, 2.05) is 0 Å². The molecular weight excluding hydrogens is 371 g/mol.